The third kappa shape index (κ3) is 2.61. The molecular formula is C18H13N5O. The average molecular weight is 315 g/mol. The van der Waals surface area contributed by atoms with Gasteiger partial charge in [0, 0.05) is 17.8 Å². The van der Waals surface area contributed by atoms with Crippen molar-refractivity contribution in [2.45, 2.75) is 0 Å². The lowest BCUT2D eigenvalue weighted by Crippen LogP contribution is -2.00. The van der Waals surface area contributed by atoms with E-state index < -0.39 is 0 Å². The Morgan fingerprint density at radius 1 is 0.875 bits per heavy atom. The minimum Gasteiger partial charge on any atom is -0.507 e. The van der Waals surface area contributed by atoms with Gasteiger partial charge in [-0.15, -0.1) is 5.10 Å². The number of aromatic hydroxyl groups is 1. The first-order valence-corrected chi connectivity index (χ1v) is 7.41. The van der Waals surface area contributed by atoms with Gasteiger partial charge in [0.25, 0.3) is 0 Å². The van der Waals surface area contributed by atoms with Gasteiger partial charge in [-0.2, -0.15) is 0 Å². The van der Waals surface area contributed by atoms with Crippen LogP contribution in [0.25, 0.3) is 28.5 Å². The zero-order valence-corrected chi connectivity index (χ0v) is 12.6. The number of rotatable bonds is 3. The normalized spacial score (nSPS) is 10.7. The van der Waals surface area contributed by atoms with E-state index >= 15 is 0 Å². The van der Waals surface area contributed by atoms with Crippen LogP contribution < -0.4 is 0 Å². The molecule has 24 heavy (non-hydrogen) atoms. The topological polar surface area (TPSA) is 76.7 Å². The molecule has 0 spiro atoms. The van der Waals surface area contributed by atoms with Crippen LogP contribution in [0, 0.1) is 0 Å². The zero-order valence-electron chi connectivity index (χ0n) is 12.6. The summed E-state index contributed by atoms with van der Waals surface area (Å²) in [5.74, 6) is 1.15. The number of para-hydroxylation sites is 1. The highest BCUT2D eigenvalue weighted by molar-refractivity contribution is 5.64. The van der Waals surface area contributed by atoms with Gasteiger partial charge < -0.3 is 5.11 Å². The van der Waals surface area contributed by atoms with Crippen molar-refractivity contribution in [3.63, 3.8) is 0 Å². The van der Waals surface area contributed by atoms with Crippen LogP contribution >= 0.6 is 0 Å². The number of phenols is 1. The number of aromatic nitrogens is 5. The summed E-state index contributed by atoms with van der Waals surface area (Å²) in [7, 11) is 0. The molecule has 2 aromatic carbocycles. The fraction of sp³-hybridized carbons (Fsp3) is 0. The molecule has 0 aliphatic carbocycles. The van der Waals surface area contributed by atoms with E-state index in [0.29, 0.717) is 17.2 Å². The van der Waals surface area contributed by atoms with E-state index in [4.69, 9.17) is 0 Å². The largest absolute Gasteiger partial charge is 0.507 e. The van der Waals surface area contributed by atoms with Crippen LogP contribution in [0.1, 0.15) is 0 Å². The molecule has 116 valence electrons. The van der Waals surface area contributed by atoms with Crippen LogP contribution in [0.5, 0.6) is 5.75 Å². The molecule has 0 aliphatic rings. The lowest BCUT2D eigenvalue weighted by Gasteiger charge is -2.04. The molecule has 0 unspecified atom stereocenters. The first-order chi connectivity index (χ1) is 11.8. The maximum Gasteiger partial charge on any atom is 0.165 e. The molecule has 6 nitrogen and oxygen atoms in total. The summed E-state index contributed by atoms with van der Waals surface area (Å²) in [5, 5.41) is 18.3. The number of benzene rings is 2. The van der Waals surface area contributed by atoms with Gasteiger partial charge in [-0.25, -0.2) is 14.6 Å². The predicted octanol–water partition coefficient (Wildman–Crippen LogP) is 3.10. The van der Waals surface area contributed by atoms with Gasteiger partial charge in [-0.1, -0.05) is 47.7 Å². The highest BCUT2D eigenvalue weighted by Gasteiger charge is 2.10. The molecule has 0 radical (unpaired) electrons. The van der Waals surface area contributed by atoms with Crippen LogP contribution in [0.15, 0.2) is 73.1 Å². The molecule has 2 heterocycles. The Hall–Kier alpha value is -3.54. The summed E-state index contributed by atoms with van der Waals surface area (Å²) < 4.78 is 1.59. The molecule has 0 atom stereocenters. The standard InChI is InChI=1S/C18H13N5O/c24-16-9-5-4-8-14(16)18-19-11-10-17(20-18)23-12-15(21-22-23)13-6-2-1-3-7-13/h1-12,24H. The summed E-state index contributed by atoms with van der Waals surface area (Å²) in [6.45, 7) is 0. The zero-order chi connectivity index (χ0) is 16.4. The number of nitrogens with zero attached hydrogens (tertiary/aromatic N) is 5. The molecular weight excluding hydrogens is 302 g/mol. The Morgan fingerprint density at radius 3 is 2.50 bits per heavy atom. The number of phenolic OH excluding ortho intramolecular Hbond substituents is 1. The van der Waals surface area contributed by atoms with Gasteiger partial charge in [-0.3, -0.25) is 0 Å². The Bertz CT molecular complexity index is 981. The van der Waals surface area contributed by atoms with Crippen molar-refractivity contribution in [1.29, 1.82) is 0 Å². The summed E-state index contributed by atoms with van der Waals surface area (Å²) >= 11 is 0. The van der Waals surface area contributed by atoms with E-state index in [2.05, 4.69) is 20.3 Å². The van der Waals surface area contributed by atoms with Crippen molar-refractivity contribution < 1.29 is 5.11 Å². The van der Waals surface area contributed by atoms with Crippen molar-refractivity contribution in [3.05, 3.63) is 73.1 Å². The lowest BCUT2D eigenvalue weighted by atomic mass is 10.2. The summed E-state index contributed by atoms with van der Waals surface area (Å²) in [6.07, 6.45) is 3.44. The molecule has 0 saturated heterocycles. The van der Waals surface area contributed by atoms with Crippen molar-refractivity contribution >= 4 is 0 Å². The quantitative estimate of drug-likeness (QED) is 0.628. The van der Waals surface area contributed by atoms with Gasteiger partial charge in [-0.05, 0) is 12.1 Å². The molecule has 0 aliphatic heterocycles. The second-order valence-corrected chi connectivity index (χ2v) is 5.17. The first-order valence-electron chi connectivity index (χ1n) is 7.41. The van der Waals surface area contributed by atoms with E-state index in [1.807, 2.05) is 42.6 Å². The smallest absolute Gasteiger partial charge is 0.165 e. The highest BCUT2D eigenvalue weighted by atomic mass is 16.3. The Kier molecular flexibility index (Phi) is 3.47. The van der Waals surface area contributed by atoms with Gasteiger partial charge in [0.1, 0.15) is 11.4 Å². The number of hydrogen-bond acceptors (Lipinski definition) is 5. The fourth-order valence-electron chi connectivity index (χ4n) is 2.39. The van der Waals surface area contributed by atoms with Crippen LogP contribution in [0.4, 0.5) is 0 Å². The minimum absolute atomic E-state index is 0.137. The Labute approximate surface area is 138 Å². The average Bonchev–Trinajstić information content (AvgIpc) is 3.13. The van der Waals surface area contributed by atoms with E-state index in [-0.39, 0.29) is 5.75 Å². The van der Waals surface area contributed by atoms with Crippen molar-refractivity contribution in [2.75, 3.05) is 0 Å². The Balaban J connectivity index is 1.72. The van der Waals surface area contributed by atoms with Crippen molar-refractivity contribution in [2.24, 2.45) is 0 Å². The second kappa shape index (κ2) is 5.92. The summed E-state index contributed by atoms with van der Waals surface area (Å²) in [6, 6.07) is 18.5. The van der Waals surface area contributed by atoms with Crippen LogP contribution in [-0.4, -0.2) is 30.1 Å². The van der Waals surface area contributed by atoms with Crippen molar-refractivity contribution in [1.82, 2.24) is 25.0 Å². The fourth-order valence-corrected chi connectivity index (χ4v) is 2.39. The second-order valence-electron chi connectivity index (χ2n) is 5.17. The first kappa shape index (κ1) is 14.1. The minimum atomic E-state index is 0.137. The SMILES string of the molecule is Oc1ccccc1-c1nccc(-n2cc(-c3ccccc3)nn2)n1. The van der Waals surface area contributed by atoms with Crippen LogP contribution in [0.3, 0.4) is 0 Å². The maximum absolute atomic E-state index is 9.96. The summed E-state index contributed by atoms with van der Waals surface area (Å²) in [4.78, 5) is 8.70. The van der Waals surface area contributed by atoms with E-state index in [9.17, 15) is 5.11 Å². The molecule has 4 aromatic rings. The van der Waals surface area contributed by atoms with Crippen LogP contribution in [0.2, 0.25) is 0 Å². The molecule has 0 amide bonds. The van der Waals surface area contributed by atoms with E-state index in [1.54, 1.807) is 35.1 Å². The van der Waals surface area contributed by atoms with Crippen LogP contribution in [-0.2, 0) is 0 Å². The molecule has 0 saturated carbocycles. The summed E-state index contributed by atoms with van der Waals surface area (Å²) in [5.41, 5.74) is 2.32. The Morgan fingerprint density at radius 2 is 1.67 bits per heavy atom. The van der Waals surface area contributed by atoms with E-state index in [1.165, 1.54) is 0 Å². The molecule has 4 rings (SSSR count). The van der Waals surface area contributed by atoms with Gasteiger partial charge >= 0.3 is 0 Å². The van der Waals surface area contributed by atoms with E-state index in [0.717, 1.165) is 11.3 Å². The van der Waals surface area contributed by atoms with Gasteiger partial charge in [0.2, 0.25) is 0 Å². The molecule has 2 aromatic heterocycles. The van der Waals surface area contributed by atoms with Gasteiger partial charge in [0.05, 0.1) is 11.8 Å². The molecule has 0 bridgehead atoms. The highest BCUT2D eigenvalue weighted by Crippen LogP contribution is 2.26. The number of hydrogen-bond donors (Lipinski definition) is 1. The van der Waals surface area contributed by atoms with Gasteiger partial charge in [0.15, 0.2) is 11.6 Å². The van der Waals surface area contributed by atoms with Crippen molar-refractivity contribution in [3.8, 4) is 34.2 Å². The lowest BCUT2D eigenvalue weighted by molar-refractivity contribution is 0.477. The molecule has 1 N–H and O–H groups in total. The predicted molar refractivity (Wildman–Crippen MR) is 89.5 cm³/mol. The molecule has 6 heteroatoms. The molecule has 0 fully saturated rings. The third-order valence-corrected chi connectivity index (χ3v) is 3.58. The monoisotopic (exact) mass is 315 g/mol. The third-order valence-electron chi connectivity index (χ3n) is 3.58. The maximum atomic E-state index is 9.96.